The zero-order chi connectivity index (χ0) is 31.4. The molecule has 226 valence electrons. The van der Waals surface area contributed by atoms with Crippen molar-refractivity contribution in [2.75, 3.05) is 20.7 Å². The van der Waals surface area contributed by atoms with E-state index in [2.05, 4.69) is 66.2 Å². The molecule has 40 heavy (non-hydrogen) atoms. The van der Waals surface area contributed by atoms with Gasteiger partial charge in [0.1, 0.15) is 12.4 Å². The van der Waals surface area contributed by atoms with Gasteiger partial charge in [-0.15, -0.1) is 0 Å². The van der Waals surface area contributed by atoms with E-state index < -0.39 is 0 Å². The lowest BCUT2D eigenvalue weighted by Gasteiger charge is -2.08. The SMILES string of the molecule is C=C(/C=C\C(=C/CC)N/C(C=NC=C(C)C)=C/C)OC/C=C\C=C/C.C=CNC.CC.CC=CC/C(C)=C\NC. The Labute approximate surface area is 248 Å². The highest BCUT2D eigenvalue weighted by molar-refractivity contribution is 5.78. The second-order valence-electron chi connectivity index (χ2n) is 8.03. The van der Waals surface area contributed by atoms with Crippen LogP contribution in [0.5, 0.6) is 0 Å². The first-order valence-corrected chi connectivity index (χ1v) is 14.1. The molecule has 0 aromatic rings. The van der Waals surface area contributed by atoms with Gasteiger partial charge in [0, 0.05) is 32.2 Å². The number of aliphatic imine (C=N–C) groups is 1. The minimum Gasteiger partial charge on any atom is -0.490 e. The Morgan fingerprint density at radius 3 is 2.02 bits per heavy atom. The summed E-state index contributed by atoms with van der Waals surface area (Å²) in [6.07, 6.45) is 29.2. The van der Waals surface area contributed by atoms with Crippen molar-refractivity contribution in [3.05, 3.63) is 121 Å². The summed E-state index contributed by atoms with van der Waals surface area (Å²) in [5, 5.41) is 9.03. The lowest BCUT2D eigenvalue weighted by atomic mass is 10.2. The van der Waals surface area contributed by atoms with E-state index in [0.29, 0.717) is 12.4 Å². The van der Waals surface area contributed by atoms with E-state index in [4.69, 9.17) is 4.74 Å². The molecule has 0 aromatic carbocycles. The number of hydrogen-bond acceptors (Lipinski definition) is 5. The van der Waals surface area contributed by atoms with Crippen LogP contribution in [0.2, 0.25) is 0 Å². The predicted molar refractivity (Wildman–Crippen MR) is 184 cm³/mol. The highest BCUT2D eigenvalue weighted by Gasteiger charge is 1.95. The van der Waals surface area contributed by atoms with E-state index in [9.17, 15) is 0 Å². The quantitative estimate of drug-likeness (QED) is 0.0819. The molecule has 0 aliphatic carbocycles. The summed E-state index contributed by atoms with van der Waals surface area (Å²) in [7, 11) is 3.73. The molecule has 0 rings (SSSR count). The second-order valence-corrected chi connectivity index (χ2v) is 8.03. The van der Waals surface area contributed by atoms with Crippen molar-refractivity contribution in [2.45, 2.75) is 75.2 Å². The summed E-state index contributed by atoms with van der Waals surface area (Å²) in [6.45, 7) is 26.0. The van der Waals surface area contributed by atoms with Gasteiger partial charge in [-0.05, 0) is 85.0 Å². The number of allylic oxidation sites excluding steroid dienone is 12. The van der Waals surface area contributed by atoms with Gasteiger partial charge in [-0.2, -0.15) is 0 Å². The van der Waals surface area contributed by atoms with E-state index in [1.54, 1.807) is 6.20 Å². The van der Waals surface area contributed by atoms with Crippen molar-refractivity contribution < 1.29 is 4.74 Å². The van der Waals surface area contributed by atoms with Crippen molar-refractivity contribution in [3.63, 3.8) is 0 Å². The molecule has 0 aliphatic rings. The van der Waals surface area contributed by atoms with Gasteiger partial charge in [0.2, 0.25) is 0 Å². The maximum absolute atomic E-state index is 5.53. The molecular formula is C35H60N4O. The Morgan fingerprint density at radius 2 is 1.55 bits per heavy atom. The van der Waals surface area contributed by atoms with Crippen LogP contribution in [-0.2, 0) is 4.74 Å². The van der Waals surface area contributed by atoms with Gasteiger partial charge in [-0.3, -0.25) is 4.99 Å². The summed E-state index contributed by atoms with van der Waals surface area (Å²) >= 11 is 0. The van der Waals surface area contributed by atoms with Gasteiger partial charge in [0.15, 0.2) is 0 Å². The number of rotatable bonds is 15. The fourth-order valence-electron chi connectivity index (χ4n) is 2.23. The van der Waals surface area contributed by atoms with Crippen LogP contribution in [-0.4, -0.2) is 26.9 Å². The van der Waals surface area contributed by atoms with Crippen LogP contribution in [0.25, 0.3) is 0 Å². The average molecular weight is 553 g/mol. The van der Waals surface area contributed by atoms with Crippen molar-refractivity contribution in [2.24, 2.45) is 4.99 Å². The third kappa shape index (κ3) is 38.8. The summed E-state index contributed by atoms with van der Waals surface area (Å²) in [6, 6.07) is 0. The van der Waals surface area contributed by atoms with Gasteiger partial charge in [0.25, 0.3) is 0 Å². The molecule has 0 saturated carbocycles. The number of nitrogens with one attached hydrogen (secondary N) is 3. The molecule has 5 nitrogen and oxygen atoms in total. The number of ether oxygens (including phenoxy) is 1. The molecule has 3 N–H and O–H groups in total. The molecule has 0 spiro atoms. The number of nitrogens with zero attached hydrogens (tertiary/aromatic N) is 1. The first-order chi connectivity index (χ1) is 19.2. The lowest BCUT2D eigenvalue weighted by molar-refractivity contribution is 0.263. The monoisotopic (exact) mass is 552 g/mol. The molecule has 5 heteroatoms. The first kappa shape index (κ1) is 43.3. The van der Waals surface area contributed by atoms with Crippen LogP contribution in [0.1, 0.15) is 75.2 Å². The number of hydrogen-bond donors (Lipinski definition) is 3. The zero-order valence-corrected chi connectivity index (χ0v) is 27.5. The largest absolute Gasteiger partial charge is 0.490 e. The van der Waals surface area contributed by atoms with Crippen LogP contribution in [0.4, 0.5) is 0 Å². The highest BCUT2D eigenvalue weighted by Crippen LogP contribution is 2.04. The fourth-order valence-corrected chi connectivity index (χ4v) is 2.23. The predicted octanol–water partition coefficient (Wildman–Crippen LogP) is 9.44. The standard InChI is InChI=1S/C22H32N2O.C8H15N.C3H7N.C2H6/c1-7-10-11-12-16-25-20(6)14-15-22(13-8-2)24-21(9-3)18-23-17-19(4)5;1-4-5-6-8(2)7-9-3;1-3-4-2;1-2/h7,9-15,17-18,24H,6,8,16H2,1-5H3;4-5,7,9H,6H2,1-3H3;3-4H,1H2,2H3;1-2H3/b10-7-,12-11-,15-14-,21-9+,22-13+,23-18?;5-4?,8-7-;;. The first-order valence-electron chi connectivity index (χ1n) is 14.1. The topological polar surface area (TPSA) is 57.7 Å². The van der Waals surface area contributed by atoms with E-state index >= 15 is 0 Å². The molecule has 0 aromatic heterocycles. The van der Waals surface area contributed by atoms with E-state index in [-0.39, 0.29) is 0 Å². The van der Waals surface area contributed by atoms with Crippen LogP contribution in [0.3, 0.4) is 0 Å². The third-order valence-electron chi connectivity index (χ3n) is 4.09. The average Bonchev–Trinajstić information content (AvgIpc) is 2.95. The summed E-state index contributed by atoms with van der Waals surface area (Å²) in [4.78, 5) is 4.29. The van der Waals surface area contributed by atoms with Crippen molar-refractivity contribution in [3.8, 4) is 0 Å². The van der Waals surface area contributed by atoms with Crippen molar-refractivity contribution >= 4 is 6.21 Å². The Bertz CT molecular complexity index is 875. The molecule has 0 bridgehead atoms. The van der Waals surface area contributed by atoms with E-state index in [0.717, 1.165) is 29.8 Å². The molecule has 0 amide bonds. The van der Waals surface area contributed by atoms with Crippen LogP contribution in [0.15, 0.2) is 126 Å². The highest BCUT2D eigenvalue weighted by atomic mass is 16.5. The Balaban J connectivity index is -0.000000354. The molecule has 0 unspecified atom stereocenters. The molecule has 0 fully saturated rings. The lowest BCUT2D eigenvalue weighted by Crippen LogP contribution is -2.12. The van der Waals surface area contributed by atoms with Gasteiger partial charge < -0.3 is 20.7 Å². The van der Waals surface area contributed by atoms with Crippen molar-refractivity contribution in [1.29, 1.82) is 0 Å². The van der Waals surface area contributed by atoms with Gasteiger partial charge in [-0.1, -0.05) is 87.6 Å². The summed E-state index contributed by atoms with van der Waals surface area (Å²) in [5.41, 5.74) is 4.43. The second kappa shape index (κ2) is 37.4. The van der Waals surface area contributed by atoms with Crippen LogP contribution >= 0.6 is 0 Å². The molecule has 0 aliphatic heterocycles. The summed E-state index contributed by atoms with van der Waals surface area (Å²) in [5.74, 6) is 0.620. The smallest absolute Gasteiger partial charge is 0.112 e. The summed E-state index contributed by atoms with van der Waals surface area (Å²) < 4.78 is 5.53. The van der Waals surface area contributed by atoms with Crippen molar-refractivity contribution in [1.82, 2.24) is 16.0 Å². The third-order valence-corrected chi connectivity index (χ3v) is 4.09. The van der Waals surface area contributed by atoms with Gasteiger partial charge >= 0.3 is 0 Å². The van der Waals surface area contributed by atoms with Crippen LogP contribution in [0, 0.1) is 0 Å². The molecule has 0 heterocycles. The minimum absolute atomic E-state index is 0.503. The fraction of sp³-hybridized carbons (Fsp3) is 0.400. The maximum Gasteiger partial charge on any atom is 0.112 e. The molecule has 0 saturated heterocycles. The molecule has 0 atom stereocenters. The minimum atomic E-state index is 0.503. The Hall–Kier alpha value is -3.73. The normalized spacial score (nSPS) is 11.8. The Kier molecular flexibility index (Phi) is 40.5. The Morgan fingerprint density at radius 1 is 0.900 bits per heavy atom. The molecule has 0 radical (unpaired) electrons. The van der Waals surface area contributed by atoms with Crippen LogP contribution < -0.4 is 16.0 Å². The van der Waals surface area contributed by atoms with Gasteiger partial charge in [-0.25, -0.2) is 0 Å². The molecular weight excluding hydrogens is 492 g/mol. The zero-order valence-electron chi connectivity index (χ0n) is 27.5. The van der Waals surface area contributed by atoms with E-state index in [1.165, 1.54) is 5.57 Å². The van der Waals surface area contributed by atoms with E-state index in [1.807, 2.05) is 124 Å². The van der Waals surface area contributed by atoms with Gasteiger partial charge in [0.05, 0.1) is 5.70 Å². The maximum atomic E-state index is 5.53.